The minimum absolute atomic E-state index is 0.441. The second-order valence-corrected chi connectivity index (χ2v) is 4.10. The molecule has 94 valence electrons. The number of ether oxygens (including phenoxy) is 1. The van der Waals surface area contributed by atoms with Crippen molar-refractivity contribution in [3.8, 4) is 11.5 Å². The van der Waals surface area contributed by atoms with Crippen LogP contribution in [0.15, 0.2) is 63.8 Å². The summed E-state index contributed by atoms with van der Waals surface area (Å²) in [7, 11) is 0. The monoisotopic (exact) mass is 253 g/mol. The molecule has 2 aromatic carbocycles. The largest absolute Gasteiger partial charge is 0.456 e. The van der Waals surface area contributed by atoms with Crippen LogP contribution in [0.4, 0.5) is 5.69 Å². The number of hydrogen-bond donors (Lipinski definition) is 1. The summed E-state index contributed by atoms with van der Waals surface area (Å²) in [6.07, 6.45) is 0. The Balaban J connectivity index is 2.09. The van der Waals surface area contributed by atoms with Gasteiger partial charge in [-0.05, 0) is 36.4 Å². The van der Waals surface area contributed by atoms with Gasteiger partial charge in [-0.15, -0.1) is 0 Å². The molecule has 0 saturated carbocycles. The predicted octanol–water partition coefficient (Wildman–Crippen LogP) is 3.17. The van der Waals surface area contributed by atoms with E-state index in [-0.39, 0.29) is 0 Å². The van der Waals surface area contributed by atoms with Gasteiger partial charge in [0, 0.05) is 5.69 Å². The average molecular weight is 253 g/mol. The van der Waals surface area contributed by atoms with E-state index in [2.05, 4.69) is 0 Å². The molecule has 19 heavy (non-hydrogen) atoms. The highest BCUT2D eigenvalue weighted by Gasteiger charge is 2.07. The summed E-state index contributed by atoms with van der Waals surface area (Å²) < 4.78 is 10.8. The molecule has 0 atom stereocenters. The molecule has 3 rings (SSSR count). The molecule has 0 aliphatic rings. The number of para-hydroxylation sites is 1. The molecule has 0 bridgehead atoms. The lowest BCUT2D eigenvalue weighted by molar-refractivity contribution is 0.475. The van der Waals surface area contributed by atoms with Gasteiger partial charge in [0.25, 0.3) is 0 Å². The minimum Gasteiger partial charge on any atom is -0.456 e. The lowest BCUT2D eigenvalue weighted by Crippen LogP contribution is -1.98. The van der Waals surface area contributed by atoms with Crippen LogP contribution >= 0.6 is 0 Å². The third kappa shape index (κ3) is 2.28. The van der Waals surface area contributed by atoms with E-state index < -0.39 is 5.63 Å². The molecular weight excluding hydrogens is 242 g/mol. The van der Waals surface area contributed by atoms with Crippen LogP contribution in [-0.4, -0.2) is 0 Å². The number of nitrogen functional groups attached to an aromatic ring is 1. The van der Waals surface area contributed by atoms with Crippen molar-refractivity contribution in [1.82, 2.24) is 0 Å². The molecule has 0 aliphatic heterocycles. The van der Waals surface area contributed by atoms with E-state index in [0.29, 0.717) is 22.8 Å². The van der Waals surface area contributed by atoms with Gasteiger partial charge in [0.2, 0.25) is 0 Å². The Hall–Kier alpha value is -2.75. The van der Waals surface area contributed by atoms with E-state index >= 15 is 0 Å². The maximum Gasteiger partial charge on any atom is 0.339 e. The molecule has 0 spiro atoms. The Bertz CT molecular complexity index is 775. The highest BCUT2D eigenvalue weighted by molar-refractivity contribution is 5.83. The van der Waals surface area contributed by atoms with Crippen LogP contribution in [-0.2, 0) is 0 Å². The quantitative estimate of drug-likeness (QED) is 0.562. The Morgan fingerprint density at radius 1 is 1.00 bits per heavy atom. The summed E-state index contributed by atoms with van der Waals surface area (Å²) in [6.45, 7) is 0. The van der Waals surface area contributed by atoms with Crippen LogP contribution in [0.1, 0.15) is 0 Å². The molecule has 3 aromatic rings. The summed E-state index contributed by atoms with van der Waals surface area (Å²) in [4.78, 5) is 11.5. The third-order valence-electron chi connectivity index (χ3n) is 2.72. The predicted molar refractivity (Wildman–Crippen MR) is 73.4 cm³/mol. The maximum atomic E-state index is 11.5. The summed E-state index contributed by atoms with van der Waals surface area (Å²) in [5.41, 5.74) is 6.33. The van der Waals surface area contributed by atoms with Gasteiger partial charge in [0.15, 0.2) is 0 Å². The number of rotatable bonds is 2. The highest BCUT2D eigenvalue weighted by atomic mass is 16.5. The van der Waals surface area contributed by atoms with Crippen molar-refractivity contribution in [2.24, 2.45) is 0 Å². The highest BCUT2D eigenvalue weighted by Crippen LogP contribution is 2.28. The standard InChI is InChI=1S/C15H11NO3/c16-10-5-7-11(8-6-10)18-14-9-15(17)19-13-4-2-1-3-12(13)14/h1-9H,16H2. The van der Waals surface area contributed by atoms with Gasteiger partial charge >= 0.3 is 5.63 Å². The van der Waals surface area contributed by atoms with Gasteiger partial charge in [0.1, 0.15) is 17.1 Å². The third-order valence-corrected chi connectivity index (χ3v) is 2.72. The number of nitrogens with two attached hydrogens (primary N) is 1. The molecule has 0 aliphatic carbocycles. The first kappa shape index (κ1) is 11.3. The first-order chi connectivity index (χ1) is 9.22. The van der Waals surface area contributed by atoms with Crippen LogP contribution < -0.4 is 16.1 Å². The fraction of sp³-hybridized carbons (Fsp3) is 0. The summed E-state index contributed by atoms with van der Waals surface area (Å²) >= 11 is 0. The lowest BCUT2D eigenvalue weighted by Gasteiger charge is -2.07. The zero-order chi connectivity index (χ0) is 13.2. The number of anilines is 1. The van der Waals surface area contributed by atoms with Crippen molar-refractivity contribution in [1.29, 1.82) is 0 Å². The van der Waals surface area contributed by atoms with E-state index in [9.17, 15) is 4.79 Å². The Morgan fingerprint density at radius 2 is 1.74 bits per heavy atom. The van der Waals surface area contributed by atoms with Gasteiger partial charge in [0.05, 0.1) is 11.5 Å². The summed E-state index contributed by atoms with van der Waals surface area (Å²) in [5.74, 6) is 1.08. The van der Waals surface area contributed by atoms with Crippen molar-refractivity contribution in [2.45, 2.75) is 0 Å². The second kappa shape index (κ2) is 4.49. The molecule has 0 radical (unpaired) electrons. The first-order valence-electron chi connectivity index (χ1n) is 5.79. The summed E-state index contributed by atoms with van der Waals surface area (Å²) in [5, 5.41) is 0.749. The van der Waals surface area contributed by atoms with Crippen molar-refractivity contribution in [3.05, 3.63) is 65.0 Å². The molecule has 2 N–H and O–H groups in total. The van der Waals surface area contributed by atoms with Crippen molar-refractivity contribution < 1.29 is 9.15 Å². The van der Waals surface area contributed by atoms with Crippen molar-refractivity contribution in [3.63, 3.8) is 0 Å². The first-order valence-corrected chi connectivity index (χ1v) is 5.79. The molecule has 1 aromatic heterocycles. The van der Waals surface area contributed by atoms with Gasteiger partial charge in [-0.1, -0.05) is 12.1 Å². The topological polar surface area (TPSA) is 65.5 Å². The van der Waals surface area contributed by atoms with Crippen molar-refractivity contribution >= 4 is 16.7 Å². The maximum absolute atomic E-state index is 11.5. The van der Waals surface area contributed by atoms with Crippen LogP contribution in [0.3, 0.4) is 0 Å². The average Bonchev–Trinajstić information content (AvgIpc) is 2.41. The van der Waals surface area contributed by atoms with Gasteiger partial charge in [-0.2, -0.15) is 0 Å². The van der Waals surface area contributed by atoms with Crippen molar-refractivity contribution in [2.75, 3.05) is 5.73 Å². The molecule has 4 nitrogen and oxygen atoms in total. The van der Waals surface area contributed by atoms with Gasteiger partial charge in [-0.25, -0.2) is 4.79 Å². The molecule has 0 saturated heterocycles. The Labute approximate surface area is 109 Å². The number of benzene rings is 2. The van der Waals surface area contributed by atoms with E-state index in [1.165, 1.54) is 6.07 Å². The van der Waals surface area contributed by atoms with Crippen LogP contribution in [0.2, 0.25) is 0 Å². The van der Waals surface area contributed by atoms with Crippen LogP contribution in [0.25, 0.3) is 11.0 Å². The Kier molecular flexibility index (Phi) is 2.68. The van der Waals surface area contributed by atoms with E-state index in [4.69, 9.17) is 14.9 Å². The second-order valence-electron chi connectivity index (χ2n) is 4.10. The van der Waals surface area contributed by atoms with Crippen LogP contribution in [0, 0.1) is 0 Å². The molecule has 1 heterocycles. The number of fused-ring (bicyclic) bond motifs is 1. The van der Waals surface area contributed by atoms with E-state index in [0.717, 1.165) is 5.39 Å². The zero-order valence-electron chi connectivity index (χ0n) is 10.00. The van der Waals surface area contributed by atoms with Gasteiger partial charge in [-0.3, -0.25) is 0 Å². The van der Waals surface area contributed by atoms with Crippen LogP contribution in [0.5, 0.6) is 11.5 Å². The summed E-state index contributed by atoms with van der Waals surface area (Å²) in [6, 6.07) is 15.5. The van der Waals surface area contributed by atoms with E-state index in [1.807, 2.05) is 12.1 Å². The fourth-order valence-corrected chi connectivity index (χ4v) is 1.83. The molecule has 0 fully saturated rings. The normalized spacial score (nSPS) is 10.5. The molecule has 0 amide bonds. The minimum atomic E-state index is -0.441. The number of hydrogen-bond acceptors (Lipinski definition) is 4. The SMILES string of the molecule is Nc1ccc(Oc2cc(=O)oc3ccccc23)cc1. The molecule has 4 heteroatoms. The van der Waals surface area contributed by atoms with Gasteiger partial charge < -0.3 is 14.9 Å². The Morgan fingerprint density at radius 3 is 2.53 bits per heavy atom. The van der Waals surface area contributed by atoms with E-state index in [1.54, 1.807) is 36.4 Å². The lowest BCUT2D eigenvalue weighted by atomic mass is 10.2. The smallest absolute Gasteiger partial charge is 0.339 e. The fourth-order valence-electron chi connectivity index (χ4n) is 1.83. The zero-order valence-corrected chi connectivity index (χ0v) is 10.00. The molecular formula is C15H11NO3. The molecule has 0 unspecified atom stereocenters.